The van der Waals surface area contributed by atoms with Gasteiger partial charge in [-0.3, -0.25) is 0 Å². The number of rotatable bonds is 4. The molecule has 20 heavy (non-hydrogen) atoms. The molecule has 0 aliphatic rings. The number of ether oxygens (including phenoxy) is 1. The number of benzene rings is 1. The zero-order valence-electron chi connectivity index (χ0n) is 11.8. The van der Waals surface area contributed by atoms with Crippen molar-refractivity contribution in [3.8, 4) is 17.1 Å². The molecule has 0 saturated heterocycles. The van der Waals surface area contributed by atoms with Crippen LogP contribution in [0.1, 0.15) is 6.92 Å². The normalized spacial score (nSPS) is 11.3. The zero-order chi connectivity index (χ0) is 14.8. The molecular weight excluding hydrogens is 273 g/mol. The summed E-state index contributed by atoms with van der Waals surface area (Å²) in [6.45, 7) is 5.87. The Labute approximate surface area is 118 Å². The van der Waals surface area contributed by atoms with E-state index in [-0.39, 0.29) is 0 Å². The first-order valence-electron chi connectivity index (χ1n) is 6.32. The predicted molar refractivity (Wildman–Crippen MR) is 82.1 cm³/mol. The first kappa shape index (κ1) is 14.5. The minimum Gasteiger partial charge on any atom is -0.491 e. The largest absolute Gasteiger partial charge is 0.491 e. The lowest BCUT2D eigenvalue weighted by atomic mass is 10.2. The van der Waals surface area contributed by atoms with Crippen LogP contribution in [0.3, 0.4) is 0 Å². The van der Waals surface area contributed by atoms with Crippen molar-refractivity contribution >= 4 is 18.1 Å². The molecule has 0 aliphatic heterocycles. The Bertz CT molecular complexity index is 650. The highest BCUT2D eigenvalue weighted by Gasteiger charge is 2.16. The van der Waals surface area contributed by atoms with Crippen LogP contribution < -0.4 is 15.8 Å². The van der Waals surface area contributed by atoms with Crippen molar-refractivity contribution in [2.45, 2.75) is 6.92 Å². The van der Waals surface area contributed by atoms with E-state index in [0.717, 1.165) is 5.56 Å². The molecule has 1 heterocycles. The van der Waals surface area contributed by atoms with Gasteiger partial charge < -0.3 is 15.0 Å². The van der Waals surface area contributed by atoms with Crippen molar-refractivity contribution in [3.63, 3.8) is 0 Å². The SMILES string of the molecule is CCOc1cnc(-c2ccc(N)c(P(C)(C)=O)c2)nc1. The molecule has 0 aliphatic carbocycles. The molecule has 2 N–H and O–H groups in total. The lowest BCUT2D eigenvalue weighted by Crippen LogP contribution is -2.10. The van der Waals surface area contributed by atoms with E-state index in [1.807, 2.05) is 13.0 Å². The van der Waals surface area contributed by atoms with Crippen molar-refractivity contribution in [2.24, 2.45) is 0 Å². The average Bonchev–Trinajstić information content (AvgIpc) is 2.39. The fraction of sp³-hybridized carbons (Fsp3) is 0.286. The molecule has 0 spiro atoms. The number of aromatic nitrogens is 2. The van der Waals surface area contributed by atoms with Gasteiger partial charge in [-0.25, -0.2) is 9.97 Å². The molecule has 1 aromatic carbocycles. The second kappa shape index (κ2) is 5.63. The van der Waals surface area contributed by atoms with Crippen LogP contribution in [0.25, 0.3) is 11.4 Å². The Morgan fingerprint density at radius 1 is 1.25 bits per heavy atom. The summed E-state index contributed by atoms with van der Waals surface area (Å²) in [6.07, 6.45) is 3.25. The number of hydrogen-bond donors (Lipinski definition) is 1. The Kier molecular flexibility index (Phi) is 4.09. The highest BCUT2D eigenvalue weighted by Crippen LogP contribution is 2.38. The summed E-state index contributed by atoms with van der Waals surface area (Å²) in [6, 6.07) is 5.36. The van der Waals surface area contributed by atoms with Crippen LogP contribution in [0.4, 0.5) is 5.69 Å². The van der Waals surface area contributed by atoms with Crippen molar-refractivity contribution in [1.82, 2.24) is 9.97 Å². The summed E-state index contributed by atoms with van der Waals surface area (Å²) < 4.78 is 17.5. The van der Waals surface area contributed by atoms with E-state index < -0.39 is 7.14 Å². The Morgan fingerprint density at radius 2 is 1.90 bits per heavy atom. The minimum atomic E-state index is -2.43. The lowest BCUT2D eigenvalue weighted by molar-refractivity contribution is 0.337. The maximum Gasteiger partial charge on any atom is 0.159 e. The van der Waals surface area contributed by atoms with E-state index in [1.54, 1.807) is 37.9 Å². The quantitative estimate of drug-likeness (QED) is 0.691. The topological polar surface area (TPSA) is 78.1 Å². The highest BCUT2D eigenvalue weighted by molar-refractivity contribution is 7.70. The number of anilines is 1. The van der Waals surface area contributed by atoms with Crippen LogP contribution in [-0.4, -0.2) is 29.9 Å². The summed E-state index contributed by atoms with van der Waals surface area (Å²) in [5.41, 5.74) is 7.21. The molecule has 6 heteroatoms. The summed E-state index contributed by atoms with van der Waals surface area (Å²) in [4.78, 5) is 8.51. The molecule has 0 fully saturated rings. The Hall–Kier alpha value is -1.87. The van der Waals surface area contributed by atoms with Crippen LogP contribution in [-0.2, 0) is 4.57 Å². The van der Waals surface area contributed by atoms with Crippen molar-refractivity contribution in [3.05, 3.63) is 30.6 Å². The molecule has 2 aromatic rings. The molecule has 0 amide bonds. The van der Waals surface area contributed by atoms with Gasteiger partial charge in [0.15, 0.2) is 11.6 Å². The Morgan fingerprint density at radius 3 is 2.45 bits per heavy atom. The number of nitrogens with zero attached hydrogens (tertiary/aromatic N) is 2. The third kappa shape index (κ3) is 3.17. The lowest BCUT2D eigenvalue weighted by Gasteiger charge is -2.12. The van der Waals surface area contributed by atoms with Gasteiger partial charge >= 0.3 is 0 Å². The summed E-state index contributed by atoms with van der Waals surface area (Å²) >= 11 is 0. The molecular formula is C14H18N3O2P. The van der Waals surface area contributed by atoms with Crippen molar-refractivity contribution < 1.29 is 9.30 Å². The van der Waals surface area contributed by atoms with Crippen LogP contribution in [0.15, 0.2) is 30.6 Å². The Balaban J connectivity index is 2.40. The molecule has 0 atom stereocenters. The van der Waals surface area contributed by atoms with Gasteiger partial charge in [-0.2, -0.15) is 0 Å². The van der Waals surface area contributed by atoms with E-state index in [9.17, 15) is 4.57 Å². The van der Waals surface area contributed by atoms with Gasteiger partial charge in [-0.05, 0) is 38.5 Å². The molecule has 0 radical (unpaired) electrons. The van der Waals surface area contributed by atoms with Gasteiger partial charge in [0.2, 0.25) is 0 Å². The fourth-order valence-electron chi connectivity index (χ4n) is 1.86. The third-order valence-electron chi connectivity index (χ3n) is 2.81. The van der Waals surface area contributed by atoms with Crippen LogP contribution in [0, 0.1) is 0 Å². The van der Waals surface area contributed by atoms with Crippen LogP contribution >= 0.6 is 7.14 Å². The fourth-order valence-corrected chi connectivity index (χ4v) is 3.00. The van der Waals surface area contributed by atoms with Gasteiger partial charge in [0.1, 0.15) is 7.14 Å². The molecule has 0 unspecified atom stereocenters. The highest BCUT2D eigenvalue weighted by atomic mass is 31.2. The average molecular weight is 291 g/mol. The van der Waals surface area contributed by atoms with Gasteiger partial charge in [0, 0.05) is 16.6 Å². The van der Waals surface area contributed by atoms with Crippen LogP contribution in [0.2, 0.25) is 0 Å². The van der Waals surface area contributed by atoms with E-state index in [2.05, 4.69) is 9.97 Å². The smallest absolute Gasteiger partial charge is 0.159 e. The van der Waals surface area contributed by atoms with E-state index >= 15 is 0 Å². The summed E-state index contributed by atoms with van der Waals surface area (Å²) in [5, 5.41) is 0.660. The number of nitrogens with two attached hydrogens (primary N) is 1. The molecule has 106 valence electrons. The first-order valence-corrected chi connectivity index (χ1v) is 8.92. The van der Waals surface area contributed by atoms with Gasteiger partial charge in [0.05, 0.1) is 19.0 Å². The molecule has 0 saturated carbocycles. The maximum atomic E-state index is 12.2. The van der Waals surface area contributed by atoms with E-state index in [0.29, 0.717) is 29.2 Å². The molecule has 1 aromatic heterocycles. The van der Waals surface area contributed by atoms with Gasteiger partial charge in [0.25, 0.3) is 0 Å². The minimum absolute atomic E-state index is 0.535. The van der Waals surface area contributed by atoms with E-state index in [4.69, 9.17) is 10.5 Å². The van der Waals surface area contributed by atoms with Crippen LogP contribution in [0.5, 0.6) is 5.75 Å². The zero-order valence-corrected chi connectivity index (χ0v) is 12.7. The number of nitrogen functional groups attached to an aromatic ring is 1. The molecule has 0 bridgehead atoms. The summed E-state index contributed by atoms with van der Waals surface area (Å²) in [7, 11) is -2.43. The van der Waals surface area contributed by atoms with Gasteiger partial charge in [-0.15, -0.1) is 0 Å². The molecule has 5 nitrogen and oxygen atoms in total. The standard InChI is InChI=1S/C14H18N3O2P/c1-4-19-11-8-16-14(17-9-11)10-5-6-12(15)13(7-10)20(2,3)18/h5-9H,4,15H2,1-3H3. The first-order chi connectivity index (χ1) is 9.41. The van der Waals surface area contributed by atoms with Crippen molar-refractivity contribution in [2.75, 3.05) is 25.7 Å². The monoisotopic (exact) mass is 291 g/mol. The predicted octanol–water partition coefficient (Wildman–Crippen LogP) is 2.37. The third-order valence-corrected chi connectivity index (χ3v) is 4.36. The second-order valence-corrected chi connectivity index (χ2v) is 7.98. The summed E-state index contributed by atoms with van der Waals surface area (Å²) in [5.74, 6) is 1.19. The van der Waals surface area contributed by atoms with Crippen molar-refractivity contribution in [1.29, 1.82) is 0 Å². The maximum absolute atomic E-state index is 12.2. The number of hydrogen-bond acceptors (Lipinski definition) is 5. The van der Waals surface area contributed by atoms with Gasteiger partial charge in [-0.1, -0.05) is 0 Å². The molecule has 2 rings (SSSR count). The second-order valence-electron chi connectivity index (χ2n) is 4.80. The van der Waals surface area contributed by atoms with E-state index in [1.165, 1.54) is 0 Å².